The standard InChI is InChI=1S/C13H17BrClNS/c1-9-7-16(8-10(2)17-9)13-5-12(14)4-3-11(13)6-15/h3-5,9-10H,6-8H2,1-2H3. The van der Waals surface area contributed by atoms with Crippen molar-refractivity contribution in [2.45, 2.75) is 30.2 Å². The van der Waals surface area contributed by atoms with Crippen molar-refractivity contribution in [1.29, 1.82) is 0 Å². The molecule has 1 fully saturated rings. The Labute approximate surface area is 121 Å². The van der Waals surface area contributed by atoms with E-state index in [0.29, 0.717) is 16.4 Å². The van der Waals surface area contributed by atoms with Crippen molar-refractivity contribution in [3.8, 4) is 0 Å². The molecule has 0 N–H and O–H groups in total. The molecule has 0 aliphatic carbocycles. The summed E-state index contributed by atoms with van der Waals surface area (Å²) in [5, 5.41) is 1.36. The highest BCUT2D eigenvalue weighted by Crippen LogP contribution is 2.32. The number of rotatable bonds is 2. The van der Waals surface area contributed by atoms with E-state index >= 15 is 0 Å². The average molecular weight is 335 g/mol. The van der Waals surface area contributed by atoms with Gasteiger partial charge in [0.1, 0.15) is 0 Å². The molecule has 2 atom stereocenters. The fourth-order valence-electron chi connectivity index (χ4n) is 2.32. The van der Waals surface area contributed by atoms with Gasteiger partial charge in [-0.1, -0.05) is 35.8 Å². The molecule has 2 unspecified atom stereocenters. The number of alkyl halides is 1. The van der Waals surface area contributed by atoms with Gasteiger partial charge in [0.25, 0.3) is 0 Å². The predicted molar refractivity (Wildman–Crippen MR) is 82.4 cm³/mol. The molecule has 0 radical (unpaired) electrons. The van der Waals surface area contributed by atoms with Crippen molar-refractivity contribution in [3.05, 3.63) is 28.2 Å². The molecule has 1 aliphatic heterocycles. The van der Waals surface area contributed by atoms with E-state index in [0.717, 1.165) is 17.6 Å². The number of hydrogen-bond donors (Lipinski definition) is 0. The number of nitrogens with zero attached hydrogens (tertiary/aromatic N) is 1. The van der Waals surface area contributed by atoms with Crippen molar-refractivity contribution in [1.82, 2.24) is 0 Å². The summed E-state index contributed by atoms with van der Waals surface area (Å²) in [4.78, 5) is 2.47. The summed E-state index contributed by atoms with van der Waals surface area (Å²) in [6, 6.07) is 6.36. The Balaban J connectivity index is 2.28. The van der Waals surface area contributed by atoms with Crippen LogP contribution in [0.4, 0.5) is 5.69 Å². The van der Waals surface area contributed by atoms with Crippen LogP contribution in [0.25, 0.3) is 0 Å². The molecule has 1 heterocycles. The molecule has 0 aromatic heterocycles. The van der Waals surface area contributed by atoms with Crippen LogP contribution in [0.1, 0.15) is 19.4 Å². The zero-order chi connectivity index (χ0) is 12.4. The van der Waals surface area contributed by atoms with Gasteiger partial charge in [0.15, 0.2) is 0 Å². The van der Waals surface area contributed by atoms with Crippen LogP contribution in [-0.2, 0) is 5.88 Å². The van der Waals surface area contributed by atoms with Gasteiger partial charge in [0.05, 0.1) is 0 Å². The summed E-state index contributed by atoms with van der Waals surface area (Å²) in [5.41, 5.74) is 2.51. The first-order valence-electron chi connectivity index (χ1n) is 5.85. The maximum Gasteiger partial charge on any atom is 0.0494 e. The van der Waals surface area contributed by atoms with Crippen molar-refractivity contribution >= 4 is 45.0 Å². The zero-order valence-corrected chi connectivity index (χ0v) is 13.3. The number of thioether (sulfide) groups is 1. The summed E-state index contributed by atoms with van der Waals surface area (Å²) in [5.74, 6) is 0.578. The van der Waals surface area contributed by atoms with Crippen LogP contribution in [0.15, 0.2) is 22.7 Å². The highest BCUT2D eigenvalue weighted by molar-refractivity contribution is 9.10. The van der Waals surface area contributed by atoms with Crippen LogP contribution in [0.3, 0.4) is 0 Å². The lowest BCUT2D eigenvalue weighted by molar-refractivity contribution is 0.726. The van der Waals surface area contributed by atoms with E-state index in [1.54, 1.807) is 0 Å². The molecule has 0 saturated carbocycles. The number of halogens is 2. The Kier molecular flexibility index (Phi) is 4.67. The third kappa shape index (κ3) is 3.33. The van der Waals surface area contributed by atoms with Crippen molar-refractivity contribution in [2.75, 3.05) is 18.0 Å². The zero-order valence-electron chi connectivity index (χ0n) is 10.1. The van der Waals surface area contributed by atoms with Gasteiger partial charge in [-0.3, -0.25) is 0 Å². The first kappa shape index (κ1) is 13.6. The van der Waals surface area contributed by atoms with Gasteiger partial charge in [-0.25, -0.2) is 0 Å². The molecule has 17 heavy (non-hydrogen) atoms. The Morgan fingerprint density at radius 2 is 2.00 bits per heavy atom. The first-order chi connectivity index (χ1) is 8.10. The average Bonchev–Trinajstić information content (AvgIpc) is 2.27. The SMILES string of the molecule is CC1CN(c2cc(Br)ccc2CCl)CC(C)S1. The summed E-state index contributed by atoms with van der Waals surface area (Å²) in [7, 11) is 0. The van der Waals surface area contributed by atoms with E-state index in [-0.39, 0.29) is 0 Å². The maximum atomic E-state index is 6.03. The molecule has 0 spiro atoms. The van der Waals surface area contributed by atoms with E-state index < -0.39 is 0 Å². The third-order valence-corrected chi connectivity index (χ3v) is 4.96. The van der Waals surface area contributed by atoms with E-state index in [1.165, 1.54) is 11.3 Å². The monoisotopic (exact) mass is 333 g/mol. The van der Waals surface area contributed by atoms with Gasteiger partial charge in [0.2, 0.25) is 0 Å². The van der Waals surface area contributed by atoms with Crippen LogP contribution in [-0.4, -0.2) is 23.6 Å². The number of benzene rings is 1. The third-order valence-electron chi connectivity index (χ3n) is 2.95. The van der Waals surface area contributed by atoms with Crippen LogP contribution >= 0.6 is 39.3 Å². The van der Waals surface area contributed by atoms with Crippen molar-refractivity contribution in [2.24, 2.45) is 0 Å². The minimum absolute atomic E-state index is 0.578. The highest BCUT2D eigenvalue weighted by Gasteiger charge is 2.23. The van der Waals surface area contributed by atoms with Crippen LogP contribution in [0.2, 0.25) is 0 Å². The molecule has 94 valence electrons. The molecule has 1 aromatic rings. The van der Waals surface area contributed by atoms with E-state index in [4.69, 9.17) is 11.6 Å². The molecule has 2 rings (SSSR count). The summed E-state index contributed by atoms with van der Waals surface area (Å²) < 4.78 is 1.12. The molecule has 1 aliphatic rings. The van der Waals surface area contributed by atoms with Gasteiger partial charge < -0.3 is 4.90 Å². The number of anilines is 1. The van der Waals surface area contributed by atoms with E-state index in [1.807, 2.05) is 0 Å². The Morgan fingerprint density at radius 3 is 2.59 bits per heavy atom. The second-order valence-corrected chi connectivity index (χ2v) is 7.63. The maximum absolute atomic E-state index is 6.03. The first-order valence-corrected chi connectivity index (χ1v) is 8.12. The Hall–Kier alpha value is 0.140. The molecule has 1 nitrogen and oxygen atoms in total. The quantitative estimate of drug-likeness (QED) is 0.732. The Morgan fingerprint density at radius 1 is 1.35 bits per heavy atom. The smallest absolute Gasteiger partial charge is 0.0494 e. The molecule has 0 amide bonds. The molecular formula is C13H17BrClNS. The van der Waals surface area contributed by atoms with Crippen molar-refractivity contribution < 1.29 is 0 Å². The highest BCUT2D eigenvalue weighted by atomic mass is 79.9. The molecule has 1 aromatic carbocycles. The fourth-order valence-corrected chi connectivity index (χ4v) is 4.22. The lowest BCUT2D eigenvalue weighted by atomic mass is 10.1. The van der Waals surface area contributed by atoms with Crippen LogP contribution in [0, 0.1) is 0 Å². The molecule has 4 heteroatoms. The molecule has 1 saturated heterocycles. The Bertz CT molecular complexity index is 389. The van der Waals surface area contributed by atoms with Crippen LogP contribution < -0.4 is 4.90 Å². The second kappa shape index (κ2) is 5.85. The second-order valence-electron chi connectivity index (χ2n) is 4.57. The van der Waals surface area contributed by atoms with E-state index in [9.17, 15) is 0 Å². The summed E-state index contributed by atoms with van der Waals surface area (Å²) >= 11 is 11.6. The van der Waals surface area contributed by atoms with Crippen LogP contribution in [0.5, 0.6) is 0 Å². The van der Waals surface area contributed by atoms with Gasteiger partial charge in [-0.15, -0.1) is 11.6 Å². The summed E-state index contributed by atoms with van der Waals surface area (Å²) in [6.07, 6.45) is 0. The molecular weight excluding hydrogens is 318 g/mol. The molecule has 0 bridgehead atoms. The normalized spacial score (nSPS) is 25.1. The topological polar surface area (TPSA) is 3.24 Å². The fraction of sp³-hybridized carbons (Fsp3) is 0.538. The lowest BCUT2D eigenvalue weighted by Crippen LogP contribution is -2.40. The predicted octanol–water partition coefficient (Wildman–Crippen LogP) is 4.52. The van der Waals surface area contributed by atoms with E-state index in [2.05, 4.69) is 64.6 Å². The van der Waals surface area contributed by atoms with Gasteiger partial charge in [-0.2, -0.15) is 11.8 Å². The minimum Gasteiger partial charge on any atom is -0.369 e. The van der Waals surface area contributed by atoms with Crippen molar-refractivity contribution in [3.63, 3.8) is 0 Å². The summed E-state index contributed by atoms with van der Waals surface area (Å²) in [6.45, 7) is 6.81. The van der Waals surface area contributed by atoms with Gasteiger partial charge >= 0.3 is 0 Å². The lowest BCUT2D eigenvalue weighted by Gasteiger charge is -2.37. The number of hydrogen-bond acceptors (Lipinski definition) is 2. The minimum atomic E-state index is 0.578. The largest absolute Gasteiger partial charge is 0.369 e. The van der Waals surface area contributed by atoms with Gasteiger partial charge in [-0.05, 0) is 17.7 Å². The van der Waals surface area contributed by atoms with Gasteiger partial charge in [0, 0.05) is 39.6 Å².